The molecule has 3 heteroatoms. The van der Waals surface area contributed by atoms with Gasteiger partial charge in [0.05, 0.1) is 6.10 Å². The van der Waals surface area contributed by atoms with E-state index in [2.05, 4.69) is 6.92 Å². The van der Waals surface area contributed by atoms with Crippen molar-refractivity contribution in [1.29, 1.82) is 0 Å². The Morgan fingerprint density at radius 1 is 1.23 bits per heavy atom. The second kappa shape index (κ2) is 2.39. The van der Waals surface area contributed by atoms with Gasteiger partial charge >= 0.3 is 0 Å². The molecule has 13 heavy (non-hydrogen) atoms. The molecule has 0 bridgehead atoms. The SMILES string of the molecule is C[C@H]1O[C@H]1c1ccc2c(c1)OCO2. The van der Waals surface area contributed by atoms with E-state index >= 15 is 0 Å². The lowest BCUT2D eigenvalue weighted by atomic mass is 10.1. The average molecular weight is 178 g/mol. The predicted molar refractivity (Wildman–Crippen MR) is 45.9 cm³/mol. The van der Waals surface area contributed by atoms with E-state index in [9.17, 15) is 0 Å². The van der Waals surface area contributed by atoms with E-state index in [0.29, 0.717) is 12.9 Å². The molecule has 2 heterocycles. The third kappa shape index (κ3) is 1.08. The number of rotatable bonds is 1. The number of benzene rings is 1. The van der Waals surface area contributed by atoms with E-state index in [0.717, 1.165) is 11.5 Å². The number of fused-ring (bicyclic) bond motifs is 1. The molecule has 0 amide bonds. The van der Waals surface area contributed by atoms with Crippen LogP contribution in [-0.2, 0) is 4.74 Å². The standard InChI is InChI=1S/C10H10O3/c1-6-10(13-6)7-2-3-8-9(4-7)12-5-11-8/h2-4,6,10H,5H2,1H3/t6-,10-/m1/s1. The van der Waals surface area contributed by atoms with Crippen LogP contribution < -0.4 is 9.47 Å². The first-order valence-corrected chi connectivity index (χ1v) is 4.39. The highest BCUT2D eigenvalue weighted by Crippen LogP contribution is 2.42. The Morgan fingerprint density at radius 3 is 2.77 bits per heavy atom. The molecule has 1 saturated heterocycles. The molecule has 0 aromatic heterocycles. The highest BCUT2D eigenvalue weighted by atomic mass is 16.7. The van der Waals surface area contributed by atoms with Crippen LogP contribution in [-0.4, -0.2) is 12.9 Å². The van der Waals surface area contributed by atoms with Gasteiger partial charge in [-0.2, -0.15) is 0 Å². The highest BCUT2D eigenvalue weighted by molar-refractivity contribution is 5.45. The van der Waals surface area contributed by atoms with Crippen molar-refractivity contribution in [2.45, 2.75) is 19.1 Å². The Bertz CT molecular complexity index is 348. The summed E-state index contributed by atoms with van der Waals surface area (Å²) >= 11 is 0. The minimum Gasteiger partial charge on any atom is -0.454 e. The van der Waals surface area contributed by atoms with Crippen LogP contribution in [0.15, 0.2) is 18.2 Å². The van der Waals surface area contributed by atoms with Gasteiger partial charge < -0.3 is 14.2 Å². The summed E-state index contributed by atoms with van der Waals surface area (Å²) in [6.07, 6.45) is 0.606. The number of epoxide rings is 1. The van der Waals surface area contributed by atoms with Crippen molar-refractivity contribution in [3.63, 3.8) is 0 Å². The van der Waals surface area contributed by atoms with Gasteiger partial charge in [-0.25, -0.2) is 0 Å². The van der Waals surface area contributed by atoms with Gasteiger partial charge in [-0.1, -0.05) is 6.07 Å². The summed E-state index contributed by atoms with van der Waals surface area (Å²) < 4.78 is 15.9. The van der Waals surface area contributed by atoms with Crippen molar-refractivity contribution in [3.8, 4) is 11.5 Å². The van der Waals surface area contributed by atoms with Crippen molar-refractivity contribution in [1.82, 2.24) is 0 Å². The van der Waals surface area contributed by atoms with Gasteiger partial charge in [-0.3, -0.25) is 0 Å². The van der Waals surface area contributed by atoms with Crippen molar-refractivity contribution >= 4 is 0 Å². The normalized spacial score (nSPS) is 29.0. The molecule has 2 aliphatic rings. The van der Waals surface area contributed by atoms with E-state index < -0.39 is 0 Å². The smallest absolute Gasteiger partial charge is 0.231 e. The molecular formula is C10H10O3. The maximum Gasteiger partial charge on any atom is 0.231 e. The predicted octanol–water partition coefficient (Wildman–Crippen LogP) is 1.88. The highest BCUT2D eigenvalue weighted by Gasteiger charge is 2.36. The molecule has 0 aliphatic carbocycles. The van der Waals surface area contributed by atoms with Crippen LogP contribution in [0.1, 0.15) is 18.6 Å². The molecule has 1 aromatic rings. The quantitative estimate of drug-likeness (QED) is 0.615. The topological polar surface area (TPSA) is 31.0 Å². The van der Waals surface area contributed by atoms with Crippen LogP contribution in [0.2, 0.25) is 0 Å². The maximum absolute atomic E-state index is 5.37. The molecule has 0 saturated carbocycles. The molecule has 0 N–H and O–H groups in total. The van der Waals surface area contributed by atoms with Crippen LogP contribution in [0.25, 0.3) is 0 Å². The van der Waals surface area contributed by atoms with E-state index in [1.54, 1.807) is 0 Å². The lowest BCUT2D eigenvalue weighted by Gasteiger charge is -1.98. The summed E-state index contributed by atoms with van der Waals surface area (Å²) in [5.74, 6) is 1.66. The van der Waals surface area contributed by atoms with Gasteiger partial charge in [0.25, 0.3) is 0 Å². The molecule has 3 nitrogen and oxygen atoms in total. The first-order valence-electron chi connectivity index (χ1n) is 4.39. The molecular weight excluding hydrogens is 168 g/mol. The molecule has 1 fully saturated rings. The molecule has 1 aromatic carbocycles. The number of hydrogen-bond donors (Lipinski definition) is 0. The number of hydrogen-bond acceptors (Lipinski definition) is 3. The summed E-state index contributed by atoms with van der Waals surface area (Å²) in [6.45, 7) is 2.40. The third-order valence-electron chi connectivity index (χ3n) is 2.44. The second-order valence-electron chi connectivity index (χ2n) is 3.37. The molecule has 2 aliphatic heterocycles. The first-order chi connectivity index (χ1) is 6.34. The summed E-state index contributed by atoms with van der Waals surface area (Å²) in [5, 5.41) is 0. The van der Waals surface area contributed by atoms with Gasteiger partial charge in [0, 0.05) is 0 Å². The Hall–Kier alpha value is -1.22. The van der Waals surface area contributed by atoms with Crippen molar-refractivity contribution in [2.24, 2.45) is 0 Å². The van der Waals surface area contributed by atoms with Gasteiger partial charge in [-0.05, 0) is 24.6 Å². The van der Waals surface area contributed by atoms with Crippen LogP contribution in [0.3, 0.4) is 0 Å². The molecule has 0 spiro atoms. The molecule has 3 rings (SSSR count). The lowest BCUT2D eigenvalue weighted by Crippen LogP contribution is -1.92. The Morgan fingerprint density at radius 2 is 2.00 bits per heavy atom. The Kier molecular flexibility index (Phi) is 1.32. The van der Waals surface area contributed by atoms with Crippen molar-refractivity contribution in [2.75, 3.05) is 6.79 Å². The zero-order chi connectivity index (χ0) is 8.84. The summed E-state index contributed by atoms with van der Waals surface area (Å²) in [7, 11) is 0. The van der Waals surface area contributed by atoms with E-state index in [-0.39, 0.29) is 6.10 Å². The minimum atomic E-state index is 0.259. The van der Waals surface area contributed by atoms with Crippen LogP contribution >= 0.6 is 0 Å². The fourth-order valence-electron chi connectivity index (χ4n) is 1.63. The van der Waals surface area contributed by atoms with E-state index in [1.807, 2.05) is 18.2 Å². The average Bonchev–Trinajstić information content (AvgIpc) is 2.70. The number of ether oxygens (including phenoxy) is 3. The summed E-state index contributed by atoms with van der Waals surface area (Å²) in [5.41, 5.74) is 1.18. The van der Waals surface area contributed by atoms with Crippen LogP contribution in [0.5, 0.6) is 11.5 Å². The van der Waals surface area contributed by atoms with Gasteiger partial charge in [0.15, 0.2) is 11.5 Å². The van der Waals surface area contributed by atoms with Gasteiger partial charge in [-0.15, -0.1) is 0 Å². The second-order valence-corrected chi connectivity index (χ2v) is 3.37. The minimum absolute atomic E-state index is 0.259. The van der Waals surface area contributed by atoms with Crippen LogP contribution in [0, 0.1) is 0 Å². The Balaban J connectivity index is 1.96. The Labute approximate surface area is 76.2 Å². The molecule has 68 valence electrons. The zero-order valence-corrected chi connectivity index (χ0v) is 7.32. The fraction of sp³-hybridized carbons (Fsp3) is 0.400. The van der Waals surface area contributed by atoms with Crippen molar-refractivity contribution < 1.29 is 14.2 Å². The van der Waals surface area contributed by atoms with Crippen LogP contribution in [0.4, 0.5) is 0 Å². The fourth-order valence-corrected chi connectivity index (χ4v) is 1.63. The van der Waals surface area contributed by atoms with E-state index in [1.165, 1.54) is 5.56 Å². The van der Waals surface area contributed by atoms with Gasteiger partial charge in [0.2, 0.25) is 6.79 Å². The molecule has 2 atom stereocenters. The molecule has 0 radical (unpaired) electrons. The summed E-state index contributed by atoms with van der Waals surface area (Å²) in [6, 6.07) is 5.96. The summed E-state index contributed by atoms with van der Waals surface area (Å²) in [4.78, 5) is 0. The van der Waals surface area contributed by atoms with Crippen molar-refractivity contribution in [3.05, 3.63) is 23.8 Å². The first kappa shape index (κ1) is 7.21. The third-order valence-corrected chi connectivity index (χ3v) is 2.44. The maximum atomic E-state index is 5.37. The van der Waals surface area contributed by atoms with E-state index in [4.69, 9.17) is 14.2 Å². The largest absolute Gasteiger partial charge is 0.454 e. The lowest BCUT2D eigenvalue weighted by molar-refractivity contribution is 0.174. The molecule has 0 unspecified atom stereocenters. The zero-order valence-electron chi connectivity index (χ0n) is 7.32. The monoisotopic (exact) mass is 178 g/mol. The van der Waals surface area contributed by atoms with Gasteiger partial charge in [0.1, 0.15) is 6.10 Å².